The van der Waals surface area contributed by atoms with Gasteiger partial charge in [0.2, 0.25) is 5.91 Å². The standard InChI is InChI=1S/C20H27N3O3/c1-3-13-22-19(25)16-11-7-8-12-17(16)23(20(22)26)14-18(24)21(2)15-9-5-4-6-10-15/h7-8,11-12,15H,3-6,9-10,13-14H2,1-2H3. The fourth-order valence-electron chi connectivity index (χ4n) is 3.86. The summed E-state index contributed by atoms with van der Waals surface area (Å²) in [6.07, 6.45) is 6.24. The van der Waals surface area contributed by atoms with Crippen LogP contribution in [0.25, 0.3) is 10.9 Å². The zero-order valence-corrected chi connectivity index (χ0v) is 15.6. The van der Waals surface area contributed by atoms with E-state index in [1.165, 1.54) is 15.6 Å². The minimum Gasteiger partial charge on any atom is -0.341 e. The Morgan fingerprint density at radius 2 is 1.81 bits per heavy atom. The van der Waals surface area contributed by atoms with Gasteiger partial charge in [-0.2, -0.15) is 0 Å². The number of para-hydroxylation sites is 1. The van der Waals surface area contributed by atoms with E-state index >= 15 is 0 Å². The van der Waals surface area contributed by atoms with Gasteiger partial charge in [0.05, 0.1) is 10.9 Å². The van der Waals surface area contributed by atoms with Crippen molar-refractivity contribution in [2.75, 3.05) is 7.05 Å². The van der Waals surface area contributed by atoms with Crippen LogP contribution >= 0.6 is 0 Å². The smallest absolute Gasteiger partial charge is 0.331 e. The Labute approximate surface area is 153 Å². The molecule has 1 heterocycles. The summed E-state index contributed by atoms with van der Waals surface area (Å²) in [6, 6.07) is 7.28. The Bertz CT molecular complexity index is 907. The highest BCUT2D eigenvalue weighted by molar-refractivity contribution is 5.81. The first-order valence-electron chi connectivity index (χ1n) is 9.52. The number of likely N-dealkylation sites (N-methyl/N-ethyl adjacent to an activating group) is 1. The maximum absolute atomic E-state index is 12.9. The predicted octanol–water partition coefficient (Wildman–Crippen LogP) is 2.36. The van der Waals surface area contributed by atoms with E-state index in [1.807, 2.05) is 14.0 Å². The zero-order chi connectivity index (χ0) is 18.7. The summed E-state index contributed by atoms with van der Waals surface area (Å²) >= 11 is 0. The Morgan fingerprint density at radius 3 is 2.50 bits per heavy atom. The van der Waals surface area contributed by atoms with Crippen LogP contribution in [0.5, 0.6) is 0 Å². The lowest BCUT2D eigenvalue weighted by molar-refractivity contribution is -0.133. The summed E-state index contributed by atoms with van der Waals surface area (Å²) in [5.74, 6) is -0.0779. The van der Waals surface area contributed by atoms with Gasteiger partial charge in [0.25, 0.3) is 5.56 Å². The molecule has 1 aliphatic rings. The van der Waals surface area contributed by atoms with Crippen LogP contribution in [0.1, 0.15) is 45.4 Å². The minimum absolute atomic E-state index is 0.0314. The Balaban J connectivity index is 2.00. The topological polar surface area (TPSA) is 64.3 Å². The fraction of sp³-hybridized carbons (Fsp3) is 0.550. The van der Waals surface area contributed by atoms with Crippen LogP contribution in [0, 0.1) is 0 Å². The number of aromatic nitrogens is 2. The monoisotopic (exact) mass is 357 g/mol. The average molecular weight is 357 g/mol. The third-order valence-corrected chi connectivity index (χ3v) is 5.39. The molecule has 0 saturated heterocycles. The van der Waals surface area contributed by atoms with Gasteiger partial charge in [0.15, 0.2) is 0 Å². The molecule has 1 saturated carbocycles. The van der Waals surface area contributed by atoms with Crippen LogP contribution in [0.4, 0.5) is 0 Å². The highest BCUT2D eigenvalue weighted by Gasteiger charge is 2.23. The fourth-order valence-corrected chi connectivity index (χ4v) is 3.86. The molecule has 26 heavy (non-hydrogen) atoms. The lowest BCUT2D eigenvalue weighted by atomic mass is 9.94. The molecule has 0 aliphatic heterocycles. The van der Waals surface area contributed by atoms with Gasteiger partial charge in [-0.3, -0.25) is 18.7 Å². The number of hydrogen-bond donors (Lipinski definition) is 0. The van der Waals surface area contributed by atoms with E-state index in [0.717, 1.165) is 25.7 Å². The maximum Gasteiger partial charge on any atom is 0.331 e. The Hall–Kier alpha value is -2.37. The van der Waals surface area contributed by atoms with E-state index in [0.29, 0.717) is 23.9 Å². The number of amides is 1. The van der Waals surface area contributed by atoms with E-state index < -0.39 is 5.69 Å². The molecule has 1 fully saturated rings. The maximum atomic E-state index is 12.9. The lowest BCUT2D eigenvalue weighted by Gasteiger charge is -2.31. The van der Waals surface area contributed by atoms with Crippen molar-refractivity contribution in [2.24, 2.45) is 0 Å². The molecule has 140 valence electrons. The summed E-state index contributed by atoms with van der Waals surface area (Å²) in [5.41, 5.74) is -0.155. The summed E-state index contributed by atoms with van der Waals surface area (Å²) in [6.45, 7) is 2.25. The second-order valence-electron chi connectivity index (χ2n) is 7.14. The normalized spacial score (nSPS) is 15.3. The Morgan fingerprint density at radius 1 is 1.12 bits per heavy atom. The van der Waals surface area contributed by atoms with E-state index in [2.05, 4.69) is 0 Å². The number of carbonyl (C=O) groups excluding carboxylic acids is 1. The van der Waals surface area contributed by atoms with E-state index in [9.17, 15) is 14.4 Å². The minimum atomic E-state index is -0.402. The molecular weight excluding hydrogens is 330 g/mol. The van der Waals surface area contributed by atoms with Gasteiger partial charge >= 0.3 is 5.69 Å². The first kappa shape index (κ1) is 18.4. The van der Waals surface area contributed by atoms with Crippen molar-refractivity contribution >= 4 is 16.8 Å². The molecular formula is C20H27N3O3. The van der Waals surface area contributed by atoms with Crippen LogP contribution in [-0.4, -0.2) is 33.0 Å². The Kier molecular flexibility index (Phi) is 5.59. The SMILES string of the molecule is CCCn1c(=O)c2ccccc2n(CC(=O)N(C)C2CCCCC2)c1=O. The van der Waals surface area contributed by atoms with Crippen LogP contribution < -0.4 is 11.2 Å². The molecule has 1 aromatic carbocycles. The molecule has 2 aromatic rings. The molecule has 6 nitrogen and oxygen atoms in total. The number of rotatable bonds is 5. The number of hydrogen-bond acceptors (Lipinski definition) is 3. The summed E-state index contributed by atoms with van der Waals surface area (Å²) in [7, 11) is 1.83. The van der Waals surface area contributed by atoms with Gasteiger partial charge in [-0.1, -0.05) is 38.3 Å². The van der Waals surface area contributed by atoms with E-state index in [1.54, 1.807) is 29.2 Å². The second-order valence-corrected chi connectivity index (χ2v) is 7.14. The highest BCUT2D eigenvalue weighted by Crippen LogP contribution is 2.22. The number of benzene rings is 1. The number of carbonyl (C=O) groups is 1. The molecule has 3 rings (SSSR count). The first-order chi connectivity index (χ1) is 12.5. The van der Waals surface area contributed by atoms with E-state index in [4.69, 9.17) is 0 Å². The molecule has 0 radical (unpaired) electrons. The van der Waals surface area contributed by atoms with Crippen molar-refractivity contribution in [2.45, 2.75) is 64.6 Å². The number of nitrogens with zero attached hydrogens (tertiary/aromatic N) is 3. The second kappa shape index (κ2) is 7.89. The van der Waals surface area contributed by atoms with Crippen LogP contribution in [0.3, 0.4) is 0 Å². The van der Waals surface area contributed by atoms with Gasteiger partial charge in [-0.05, 0) is 31.4 Å². The van der Waals surface area contributed by atoms with Crippen molar-refractivity contribution in [1.29, 1.82) is 0 Å². The number of fused-ring (bicyclic) bond motifs is 1. The molecule has 1 amide bonds. The molecule has 0 N–H and O–H groups in total. The van der Waals surface area contributed by atoms with Gasteiger partial charge in [0.1, 0.15) is 6.54 Å². The van der Waals surface area contributed by atoms with Gasteiger partial charge < -0.3 is 4.90 Å². The quantitative estimate of drug-likeness (QED) is 0.825. The molecule has 1 aromatic heterocycles. The van der Waals surface area contributed by atoms with Crippen molar-refractivity contribution < 1.29 is 4.79 Å². The molecule has 0 unspecified atom stereocenters. The summed E-state index contributed by atoms with van der Waals surface area (Å²) < 4.78 is 2.70. The van der Waals surface area contributed by atoms with Gasteiger partial charge in [-0.25, -0.2) is 4.79 Å². The largest absolute Gasteiger partial charge is 0.341 e. The summed E-state index contributed by atoms with van der Waals surface area (Å²) in [4.78, 5) is 40.1. The predicted molar refractivity (Wildman–Crippen MR) is 102 cm³/mol. The van der Waals surface area contributed by atoms with Gasteiger partial charge in [-0.15, -0.1) is 0 Å². The van der Waals surface area contributed by atoms with Crippen molar-refractivity contribution in [1.82, 2.24) is 14.0 Å². The van der Waals surface area contributed by atoms with E-state index in [-0.39, 0.29) is 24.1 Å². The highest BCUT2D eigenvalue weighted by atomic mass is 16.2. The van der Waals surface area contributed by atoms with Crippen LogP contribution in [0.2, 0.25) is 0 Å². The van der Waals surface area contributed by atoms with Crippen LogP contribution in [0.15, 0.2) is 33.9 Å². The van der Waals surface area contributed by atoms with Crippen molar-refractivity contribution in [3.8, 4) is 0 Å². The third-order valence-electron chi connectivity index (χ3n) is 5.39. The molecule has 6 heteroatoms. The molecule has 0 atom stereocenters. The first-order valence-corrected chi connectivity index (χ1v) is 9.52. The van der Waals surface area contributed by atoms with Gasteiger partial charge in [0, 0.05) is 19.6 Å². The zero-order valence-electron chi connectivity index (χ0n) is 15.6. The molecule has 1 aliphatic carbocycles. The molecule has 0 bridgehead atoms. The third kappa shape index (κ3) is 3.45. The van der Waals surface area contributed by atoms with Crippen molar-refractivity contribution in [3.63, 3.8) is 0 Å². The lowest BCUT2D eigenvalue weighted by Crippen LogP contribution is -2.45. The van der Waals surface area contributed by atoms with Crippen LogP contribution in [-0.2, 0) is 17.9 Å². The average Bonchev–Trinajstić information content (AvgIpc) is 2.68. The molecule has 0 spiro atoms. The van der Waals surface area contributed by atoms with Crippen molar-refractivity contribution in [3.05, 3.63) is 45.1 Å². The summed E-state index contributed by atoms with van der Waals surface area (Å²) in [5, 5.41) is 0.480.